The Kier molecular flexibility index (Phi) is 5.88. The summed E-state index contributed by atoms with van der Waals surface area (Å²) in [6.07, 6.45) is 6.24. The zero-order valence-electron chi connectivity index (χ0n) is 14.5. The Balaban J connectivity index is 1.81. The molecule has 1 aliphatic rings. The molecule has 1 aromatic heterocycles. The van der Waals surface area contributed by atoms with Gasteiger partial charge < -0.3 is 10.2 Å². The summed E-state index contributed by atoms with van der Waals surface area (Å²) >= 11 is 0. The minimum absolute atomic E-state index is 0.0122. The third-order valence-corrected chi connectivity index (χ3v) is 6.70. The molecule has 2 amide bonds. The second-order valence-electron chi connectivity index (χ2n) is 6.37. The van der Waals surface area contributed by atoms with Crippen molar-refractivity contribution in [3.8, 4) is 0 Å². The van der Waals surface area contributed by atoms with E-state index in [2.05, 4.69) is 10.3 Å². The van der Waals surface area contributed by atoms with Gasteiger partial charge in [0.1, 0.15) is 5.25 Å². The van der Waals surface area contributed by atoms with Crippen molar-refractivity contribution in [3.63, 3.8) is 0 Å². The lowest BCUT2D eigenvalue weighted by Gasteiger charge is -2.28. The summed E-state index contributed by atoms with van der Waals surface area (Å²) in [7, 11) is -3.65. The summed E-state index contributed by atoms with van der Waals surface area (Å²) in [5.74, 6) is 0. The summed E-state index contributed by atoms with van der Waals surface area (Å²) in [6.45, 7) is 1.45. The molecule has 0 aliphatic carbocycles. The van der Waals surface area contributed by atoms with Crippen molar-refractivity contribution in [2.24, 2.45) is 0 Å². The molecule has 26 heavy (non-hydrogen) atoms. The van der Waals surface area contributed by atoms with Crippen LogP contribution in [0.2, 0.25) is 0 Å². The van der Waals surface area contributed by atoms with Gasteiger partial charge in [0, 0.05) is 32.0 Å². The number of carbonyl (C=O) groups is 1. The lowest BCUT2D eigenvalue weighted by atomic mass is 10.1. The second-order valence-corrected chi connectivity index (χ2v) is 8.50. The Morgan fingerprint density at radius 3 is 2.46 bits per heavy atom. The topological polar surface area (TPSA) is 79.4 Å². The van der Waals surface area contributed by atoms with Gasteiger partial charge in [0.2, 0.25) is 0 Å². The number of piperidine rings is 1. The van der Waals surface area contributed by atoms with Crippen molar-refractivity contribution >= 4 is 15.9 Å². The molecule has 6 nitrogen and oxygen atoms in total. The molecule has 3 rings (SSSR count). The largest absolute Gasteiger partial charge is 0.336 e. The number of sulfone groups is 1. The van der Waals surface area contributed by atoms with Gasteiger partial charge in [-0.25, -0.2) is 13.2 Å². The van der Waals surface area contributed by atoms with Gasteiger partial charge in [0.15, 0.2) is 9.84 Å². The lowest BCUT2D eigenvalue weighted by molar-refractivity contribution is 0.186. The second kappa shape index (κ2) is 8.31. The van der Waals surface area contributed by atoms with E-state index in [1.165, 1.54) is 6.20 Å². The van der Waals surface area contributed by atoms with Crippen LogP contribution in [0.4, 0.5) is 4.79 Å². The first-order chi connectivity index (χ1) is 12.6. The fourth-order valence-electron chi connectivity index (χ4n) is 3.14. The molecule has 0 spiro atoms. The number of hydrogen-bond acceptors (Lipinski definition) is 4. The average molecular weight is 373 g/mol. The third-order valence-electron chi connectivity index (χ3n) is 4.58. The van der Waals surface area contributed by atoms with E-state index in [1.54, 1.807) is 53.6 Å². The highest BCUT2D eigenvalue weighted by Crippen LogP contribution is 2.28. The molecular weight excluding hydrogens is 350 g/mol. The smallest absolute Gasteiger partial charge is 0.317 e. The van der Waals surface area contributed by atoms with Crippen molar-refractivity contribution < 1.29 is 13.2 Å². The Hall–Kier alpha value is -2.41. The van der Waals surface area contributed by atoms with Crippen LogP contribution < -0.4 is 5.32 Å². The van der Waals surface area contributed by atoms with Crippen LogP contribution in [-0.2, 0) is 9.84 Å². The first-order valence-corrected chi connectivity index (χ1v) is 10.4. The lowest BCUT2D eigenvalue weighted by Crippen LogP contribution is -2.44. The number of nitrogens with one attached hydrogen (secondary N) is 1. The van der Waals surface area contributed by atoms with Gasteiger partial charge in [0.25, 0.3) is 0 Å². The summed E-state index contributed by atoms with van der Waals surface area (Å²) in [4.78, 5) is 18.4. The Morgan fingerprint density at radius 1 is 1.08 bits per heavy atom. The van der Waals surface area contributed by atoms with Crippen LogP contribution in [0.3, 0.4) is 0 Å². The van der Waals surface area contributed by atoms with Crippen LogP contribution in [-0.4, -0.2) is 44.0 Å². The number of benzene rings is 1. The number of nitrogens with zero attached hydrogens (tertiary/aromatic N) is 2. The Morgan fingerprint density at radius 2 is 1.81 bits per heavy atom. The molecule has 1 N–H and O–H groups in total. The number of likely N-dealkylation sites (tertiary alicyclic amines) is 1. The number of amides is 2. The van der Waals surface area contributed by atoms with Crippen LogP contribution in [0.15, 0.2) is 59.8 Å². The van der Waals surface area contributed by atoms with E-state index in [0.29, 0.717) is 5.56 Å². The minimum Gasteiger partial charge on any atom is -0.336 e. The van der Waals surface area contributed by atoms with Gasteiger partial charge in [-0.2, -0.15) is 0 Å². The van der Waals surface area contributed by atoms with Crippen molar-refractivity contribution in [2.75, 3.05) is 19.6 Å². The van der Waals surface area contributed by atoms with E-state index < -0.39 is 15.1 Å². The summed E-state index contributed by atoms with van der Waals surface area (Å²) in [6, 6.07) is 11.5. The van der Waals surface area contributed by atoms with E-state index in [9.17, 15) is 13.2 Å². The summed E-state index contributed by atoms with van der Waals surface area (Å²) < 4.78 is 26.3. The molecule has 0 bridgehead atoms. The molecule has 0 unspecified atom stereocenters. The Bertz CT molecular complexity index is 820. The number of urea groups is 1. The van der Waals surface area contributed by atoms with Gasteiger partial charge in [-0.15, -0.1) is 0 Å². The monoisotopic (exact) mass is 373 g/mol. The maximum Gasteiger partial charge on any atom is 0.317 e. The van der Waals surface area contributed by atoms with E-state index in [-0.39, 0.29) is 17.5 Å². The summed E-state index contributed by atoms with van der Waals surface area (Å²) in [5, 5.41) is 1.92. The van der Waals surface area contributed by atoms with Crippen molar-refractivity contribution in [1.29, 1.82) is 0 Å². The number of carbonyl (C=O) groups excluding carboxylic acids is 1. The standard InChI is InChI=1S/C19H23N3O3S/c23-19(22-12-5-2-6-13-22)21-15-18(16-8-7-11-20-14-16)26(24,25)17-9-3-1-4-10-17/h1,3-4,7-11,14,18H,2,5-6,12-13,15H2,(H,21,23)/t18-/m1/s1. The van der Waals surface area contributed by atoms with Gasteiger partial charge in [0.05, 0.1) is 4.90 Å². The highest BCUT2D eigenvalue weighted by molar-refractivity contribution is 7.91. The quantitative estimate of drug-likeness (QED) is 0.874. The SMILES string of the molecule is O=C(NC[C@H](c1cccnc1)S(=O)(=O)c1ccccc1)N1CCCCC1. The molecule has 0 saturated carbocycles. The van der Waals surface area contributed by atoms with Gasteiger partial charge in [-0.05, 0) is 43.0 Å². The van der Waals surface area contributed by atoms with Gasteiger partial charge in [-0.3, -0.25) is 4.98 Å². The van der Waals surface area contributed by atoms with Crippen LogP contribution in [0, 0.1) is 0 Å². The predicted molar refractivity (Wildman–Crippen MR) is 99.4 cm³/mol. The molecule has 1 saturated heterocycles. The first-order valence-electron chi connectivity index (χ1n) is 8.80. The number of aromatic nitrogens is 1. The van der Waals surface area contributed by atoms with E-state index in [1.807, 2.05) is 0 Å². The first kappa shape index (κ1) is 18.4. The minimum atomic E-state index is -3.65. The van der Waals surface area contributed by atoms with Crippen LogP contribution >= 0.6 is 0 Å². The molecule has 7 heteroatoms. The molecule has 0 radical (unpaired) electrons. The third kappa shape index (κ3) is 4.22. The van der Waals surface area contributed by atoms with Crippen molar-refractivity contribution in [2.45, 2.75) is 29.4 Å². The maximum absolute atomic E-state index is 13.1. The Labute approximate surface area is 154 Å². The van der Waals surface area contributed by atoms with Crippen LogP contribution in [0.1, 0.15) is 30.1 Å². The fraction of sp³-hybridized carbons (Fsp3) is 0.368. The maximum atomic E-state index is 13.1. The fourth-order valence-corrected chi connectivity index (χ4v) is 4.80. The number of pyridine rings is 1. The molecule has 2 heterocycles. The van der Waals surface area contributed by atoms with Gasteiger partial charge in [-0.1, -0.05) is 24.3 Å². The van der Waals surface area contributed by atoms with E-state index >= 15 is 0 Å². The highest BCUT2D eigenvalue weighted by Gasteiger charge is 2.30. The normalized spacial score (nSPS) is 16.1. The number of hydrogen-bond donors (Lipinski definition) is 1. The molecule has 1 aromatic carbocycles. The molecule has 1 fully saturated rings. The average Bonchev–Trinajstić information content (AvgIpc) is 2.70. The van der Waals surface area contributed by atoms with E-state index in [0.717, 1.165) is 32.4 Å². The molecule has 1 atom stereocenters. The zero-order chi connectivity index (χ0) is 18.4. The number of rotatable bonds is 5. The van der Waals surface area contributed by atoms with Crippen molar-refractivity contribution in [3.05, 3.63) is 60.4 Å². The molecule has 2 aromatic rings. The molecule has 1 aliphatic heterocycles. The highest BCUT2D eigenvalue weighted by atomic mass is 32.2. The van der Waals surface area contributed by atoms with Gasteiger partial charge >= 0.3 is 6.03 Å². The van der Waals surface area contributed by atoms with Crippen molar-refractivity contribution in [1.82, 2.24) is 15.2 Å². The molecular formula is C19H23N3O3S. The van der Waals surface area contributed by atoms with Crippen LogP contribution in [0.25, 0.3) is 0 Å². The van der Waals surface area contributed by atoms with Crippen LogP contribution in [0.5, 0.6) is 0 Å². The molecule has 138 valence electrons. The van der Waals surface area contributed by atoms with E-state index in [4.69, 9.17) is 0 Å². The zero-order valence-corrected chi connectivity index (χ0v) is 15.4. The summed E-state index contributed by atoms with van der Waals surface area (Å²) in [5.41, 5.74) is 0.565. The predicted octanol–water partition coefficient (Wildman–Crippen LogP) is 2.79.